The maximum atomic E-state index is 12.1. The number of carboxylic acids is 1. The van der Waals surface area contributed by atoms with Gasteiger partial charge in [-0.25, -0.2) is 9.78 Å². The molecule has 1 aromatic rings. The lowest BCUT2D eigenvalue weighted by Gasteiger charge is -2.12. The highest BCUT2D eigenvalue weighted by atomic mass is 32.2. The molecule has 1 aromatic heterocycles. The number of hydrogen-bond acceptors (Lipinski definition) is 5. The van der Waals surface area contributed by atoms with E-state index in [1.165, 1.54) is 24.4 Å². The maximum absolute atomic E-state index is 12.1. The zero-order valence-electron chi connectivity index (χ0n) is 10.5. The van der Waals surface area contributed by atoms with E-state index in [-0.39, 0.29) is 35.4 Å². The fourth-order valence-electron chi connectivity index (χ4n) is 1.85. The minimum Gasteiger partial charge on any atom is -0.478 e. The van der Waals surface area contributed by atoms with Crippen LogP contribution in [0.4, 0.5) is 0 Å². The van der Waals surface area contributed by atoms with Gasteiger partial charge in [0.2, 0.25) is 11.8 Å². The molecule has 20 heavy (non-hydrogen) atoms. The first-order valence-corrected chi connectivity index (χ1v) is 6.72. The summed E-state index contributed by atoms with van der Waals surface area (Å²) in [6.45, 7) is 3.67. The molecule has 1 aliphatic heterocycles. The third-order valence-corrected chi connectivity index (χ3v) is 3.97. The summed E-state index contributed by atoms with van der Waals surface area (Å²) in [7, 11) is 0. The van der Waals surface area contributed by atoms with Gasteiger partial charge in [-0.05, 0) is 12.1 Å². The quantitative estimate of drug-likeness (QED) is 0.648. The summed E-state index contributed by atoms with van der Waals surface area (Å²) in [5, 5.41) is 8.68. The van der Waals surface area contributed by atoms with Gasteiger partial charge in [0.05, 0.1) is 10.8 Å². The fourth-order valence-corrected chi connectivity index (χ4v) is 2.98. The molecule has 0 radical (unpaired) electrons. The number of carboxylic acid groups (broad SMARTS) is 1. The molecule has 104 valence electrons. The topological polar surface area (TPSA) is 87.6 Å². The fraction of sp³-hybridized carbons (Fsp3) is 0.231. The standard InChI is InChI=1S/C13H12N2O4S/c1-2-6-15-10(16)7-9(12(15)17)20-11-8(13(18)19)4-3-5-14-11/h2-5,9H,1,6-7H2,(H,18,19). The molecule has 6 nitrogen and oxygen atoms in total. The van der Waals surface area contributed by atoms with E-state index in [9.17, 15) is 14.4 Å². The molecule has 1 fully saturated rings. The van der Waals surface area contributed by atoms with Crippen LogP contribution in [0.1, 0.15) is 16.8 Å². The third-order valence-electron chi connectivity index (χ3n) is 2.77. The summed E-state index contributed by atoms with van der Waals surface area (Å²) < 4.78 is 0. The molecule has 0 saturated carbocycles. The monoisotopic (exact) mass is 292 g/mol. The largest absolute Gasteiger partial charge is 0.478 e. The number of aromatic carboxylic acids is 1. The van der Waals surface area contributed by atoms with Gasteiger partial charge in [-0.15, -0.1) is 6.58 Å². The van der Waals surface area contributed by atoms with E-state index in [0.717, 1.165) is 16.7 Å². The van der Waals surface area contributed by atoms with Crippen LogP contribution < -0.4 is 0 Å². The number of pyridine rings is 1. The average molecular weight is 292 g/mol. The Bertz CT molecular complexity index is 587. The summed E-state index contributed by atoms with van der Waals surface area (Å²) in [6, 6.07) is 2.93. The molecule has 0 aromatic carbocycles. The van der Waals surface area contributed by atoms with Crippen LogP contribution in [0.15, 0.2) is 36.0 Å². The number of likely N-dealkylation sites (tertiary alicyclic amines) is 1. The van der Waals surface area contributed by atoms with Gasteiger partial charge in [0, 0.05) is 19.2 Å². The van der Waals surface area contributed by atoms with Crippen molar-refractivity contribution in [3.63, 3.8) is 0 Å². The second-order valence-corrected chi connectivity index (χ2v) is 5.29. The zero-order chi connectivity index (χ0) is 14.7. The molecular formula is C13H12N2O4S. The van der Waals surface area contributed by atoms with Crippen LogP contribution in [-0.2, 0) is 9.59 Å². The van der Waals surface area contributed by atoms with E-state index in [4.69, 9.17) is 5.11 Å². The van der Waals surface area contributed by atoms with Crippen molar-refractivity contribution < 1.29 is 19.5 Å². The number of nitrogens with zero attached hydrogens (tertiary/aromatic N) is 2. The molecule has 7 heteroatoms. The predicted molar refractivity (Wildman–Crippen MR) is 72.4 cm³/mol. The van der Waals surface area contributed by atoms with E-state index in [2.05, 4.69) is 11.6 Å². The second-order valence-electron chi connectivity index (χ2n) is 4.10. The molecule has 2 rings (SSSR count). The van der Waals surface area contributed by atoms with E-state index in [1.807, 2.05) is 0 Å². The van der Waals surface area contributed by atoms with Crippen molar-refractivity contribution >= 4 is 29.5 Å². The number of imide groups is 1. The Morgan fingerprint density at radius 3 is 3.00 bits per heavy atom. The van der Waals surface area contributed by atoms with Crippen LogP contribution >= 0.6 is 11.8 Å². The number of carbonyl (C=O) groups is 3. The number of hydrogen-bond donors (Lipinski definition) is 1. The van der Waals surface area contributed by atoms with E-state index in [0.29, 0.717) is 0 Å². The van der Waals surface area contributed by atoms with Crippen molar-refractivity contribution in [2.45, 2.75) is 16.7 Å². The lowest BCUT2D eigenvalue weighted by Crippen LogP contribution is -2.31. The van der Waals surface area contributed by atoms with Gasteiger partial charge in [0.15, 0.2) is 0 Å². The Labute approximate surface area is 119 Å². The molecule has 1 unspecified atom stereocenters. The summed E-state index contributed by atoms with van der Waals surface area (Å²) in [5.74, 6) is -1.72. The summed E-state index contributed by atoms with van der Waals surface area (Å²) in [6.07, 6.45) is 2.98. The first kappa shape index (κ1) is 14.3. The van der Waals surface area contributed by atoms with Crippen molar-refractivity contribution in [1.29, 1.82) is 0 Å². The van der Waals surface area contributed by atoms with E-state index in [1.54, 1.807) is 0 Å². The smallest absolute Gasteiger partial charge is 0.338 e. The average Bonchev–Trinajstić information content (AvgIpc) is 2.67. The van der Waals surface area contributed by atoms with Crippen molar-refractivity contribution in [3.05, 3.63) is 36.5 Å². The van der Waals surface area contributed by atoms with E-state index >= 15 is 0 Å². The number of aromatic nitrogens is 1. The summed E-state index contributed by atoms with van der Waals surface area (Å²) >= 11 is 1.01. The second kappa shape index (κ2) is 5.87. The molecule has 2 heterocycles. The number of carbonyl (C=O) groups excluding carboxylic acids is 2. The van der Waals surface area contributed by atoms with E-state index < -0.39 is 11.2 Å². The highest BCUT2D eigenvalue weighted by Gasteiger charge is 2.39. The van der Waals surface area contributed by atoms with Gasteiger partial charge in [0.1, 0.15) is 5.03 Å². The van der Waals surface area contributed by atoms with Crippen molar-refractivity contribution in [2.24, 2.45) is 0 Å². The number of amides is 2. The maximum Gasteiger partial charge on any atom is 0.338 e. The zero-order valence-corrected chi connectivity index (χ0v) is 11.3. The Balaban J connectivity index is 2.19. The van der Waals surface area contributed by atoms with Crippen molar-refractivity contribution in [2.75, 3.05) is 6.54 Å². The first-order chi connectivity index (χ1) is 9.54. The SMILES string of the molecule is C=CCN1C(=O)CC(Sc2ncccc2C(=O)O)C1=O. The van der Waals surface area contributed by atoms with Gasteiger partial charge in [-0.1, -0.05) is 17.8 Å². The molecule has 0 bridgehead atoms. The lowest BCUT2D eigenvalue weighted by molar-refractivity contribution is -0.137. The Hall–Kier alpha value is -2.15. The molecule has 1 aliphatic rings. The minimum absolute atomic E-state index is 0.0277. The van der Waals surface area contributed by atoms with Gasteiger partial charge in [-0.3, -0.25) is 14.5 Å². The normalized spacial score (nSPS) is 18.4. The molecule has 1 N–H and O–H groups in total. The summed E-state index contributed by atoms with van der Waals surface area (Å²) in [4.78, 5) is 39.9. The van der Waals surface area contributed by atoms with Gasteiger partial charge >= 0.3 is 5.97 Å². The van der Waals surface area contributed by atoms with Gasteiger partial charge in [0.25, 0.3) is 0 Å². The van der Waals surface area contributed by atoms with Crippen LogP contribution in [0.3, 0.4) is 0 Å². The van der Waals surface area contributed by atoms with Crippen LogP contribution in [-0.4, -0.2) is 44.6 Å². The van der Waals surface area contributed by atoms with Crippen LogP contribution in [0.2, 0.25) is 0 Å². The molecule has 0 aliphatic carbocycles. The highest BCUT2D eigenvalue weighted by Crippen LogP contribution is 2.32. The van der Waals surface area contributed by atoms with Crippen LogP contribution in [0, 0.1) is 0 Å². The van der Waals surface area contributed by atoms with Crippen LogP contribution in [0.5, 0.6) is 0 Å². The first-order valence-electron chi connectivity index (χ1n) is 5.84. The molecular weight excluding hydrogens is 280 g/mol. The Morgan fingerprint density at radius 2 is 2.35 bits per heavy atom. The molecule has 1 saturated heterocycles. The van der Waals surface area contributed by atoms with Crippen molar-refractivity contribution in [3.8, 4) is 0 Å². The molecule has 1 atom stereocenters. The Kier molecular flexibility index (Phi) is 4.19. The predicted octanol–water partition coefficient (Wildman–Crippen LogP) is 1.19. The third kappa shape index (κ3) is 2.72. The van der Waals surface area contributed by atoms with Crippen LogP contribution in [0.25, 0.3) is 0 Å². The number of rotatable bonds is 5. The Morgan fingerprint density at radius 1 is 1.60 bits per heavy atom. The number of thioether (sulfide) groups is 1. The molecule has 2 amide bonds. The van der Waals surface area contributed by atoms with Gasteiger partial charge < -0.3 is 5.11 Å². The molecule has 0 spiro atoms. The van der Waals surface area contributed by atoms with Crippen molar-refractivity contribution in [1.82, 2.24) is 9.88 Å². The minimum atomic E-state index is -1.11. The lowest BCUT2D eigenvalue weighted by atomic mass is 10.3. The highest BCUT2D eigenvalue weighted by molar-refractivity contribution is 8.00. The van der Waals surface area contributed by atoms with Gasteiger partial charge in [-0.2, -0.15) is 0 Å². The summed E-state index contributed by atoms with van der Waals surface area (Å²) in [5.41, 5.74) is 0.0277.